The highest BCUT2D eigenvalue weighted by molar-refractivity contribution is 9.10. The molecule has 0 bridgehead atoms. The molecule has 0 aliphatic heterocycles. The molecule has 6 heteroatoms. The van der Waals surface area contributed by atoms with Gasteiger partial charge in [-0.1, -0.05) is 6.07 Å². The number of nitrogens with two attached hydrogens (primary N) is 1. The summed E-state index contributed by atoms with van der Waals surface area (Å²) in [6.07, 6.45) is 0. The Bertz CT molecular complexity index is 412. The summed E-state index contributed by atoms with van der Waals surface area (Å²) in [5, 5.41) is 8.98. The topological polar surface area (TPSA) is 75.8 Å². The second-order valence-corrected chi connectivity index (χ2v) is 4.51. The van der Waals surface area contributed by atoms with Crippen LogP contribution in [0.15, 0.2) is 22.7 Å². The number of hydrogen-bond acceptors (Lipinski definition) is 4. The van der Waals surface area contributed by atoms with Crippen LogP contribution in [-0.2, 0) is 4.74 Å². The van der Waals surface area contributed by atoms with Crippen LogP contribution in [0.25, 0.3) is 0 Å². The van der Waals surface area contributed by atoms with Crippen LogP contribution >= 0.6 is 15.9 Å². The molecule has 0 unspecified atom stereocenters. The predicted molar refractivity (Wildman–Crippen MR) is 73.4 cm³/mol. The van der Waals surface area contributed by atoms with Gasteiger partial charge in [-0.05, 0) is 28.1 Å². The van der Waals surface area contributed by atoms with Crippen molar-refractivity contribution in [1.82, 2.24) is 4.90 Å². The highest BCUT2D eigenvalue weighted by atomic mass is 79.9. The van der Waals surface area contributed by atoms with E-state index < -0.39 is 0 Å². The standard InChI is InChI=1S/C12H17BrN2O3/c1-18-8-6-15(5-7-16)12(17)9-3-2-4-10(14)11(9)13/h2-4,16H,5-8,14H2,1H3. The number of benzene rings is 1. The van der Waals surface area contributed by atoms with Gasteiger partial charge in [-0.15, -0.1) is 0 Å². The lowest BCUT2D eigenvalue weighted by Gasteiger charge is -2.22. The number of methoxy groups -OCH3 is 1. The van der Waals surface area contributed by atoms with E-state index in [-0.39, 0.29) is 19.1 Å². The Kier molecular flexibility index (Phi) is 6.11. The summed E-state index contributed by atoms with van der Waals surface area (Å²) >= 11 is 3.30. The van der Waals surface area contributed by atoms with Crippen molar-refractivity contribution in [2.75, 3.05) is 39.1 Å². The Morgan fingerprint density at radius 3 is 2.83 bits per heavy atom. The van der Waals surface area contributed by atoms with Gasteiger partial charge in [0.15, 0.2) is 0 Å². The molecule has 1 rings (SSSR count). The number of nitrogen functional groups attached to an aromatic ring is 1. The van der Waals surface area contributed by atoms with Gasteiger partial charge in [0.2, 0.25) is 0 Å². The molecule has 1 aromatic carbocycles. The van der Waals surface area contributed by atoms with Crippen molar-refractivity contribution in [3.8, 4) is 0 Å². The fraction of sp³-hybridized carbons (Fsp3) is 0.417. The second kappa shape index (κ2) is 7.35. The van der Waals surface area contributed by atoms with Crippen LogP contribution in [0.4, 0.5) is 5.69 Å². The van der Waals surface area contributed by atoms with Crippen LogP contribution in [0.2, 0.25) is 0 Å². The minimum absolute atomic E-state index is 0.0879. The highest BCUT2D eigenvalue weighted by Gasteiger charge is 2.18. The third-order valence-corrected chi connectivity index (χ3v) is 3.37. The van der Waals surface area contributed by atoms with Crippen LogP contribution < -0.4 is 5.73 Å². The first-order valence-corrected chi connectivity index (χ1v) is 6.34. The first kappa shape index (κ1) is 14.9. The van der Waals surface area contributed by atoms with Gasteiger partial charge in [-0.25, -0.2) is 0 Å². The van der Waals surface area contributed by atoms with Gasteiger partial charge in [-0.2, -0.15) is 0 Å². The minimum atomic E-state index is -0.180. The smallest absolute Gasteiger partial charge is 0.255 e. The number of carbonyl (C=O) groups excluding carboxylic acids is 1. The lowest BCUT2D eigenvalue weighted by atomic mass is 10.1. The van der Waals surface area contributed by atoms with Gasteiger partial charge in [0.25, 0.3) is 5.91 Å². The zero-order valence-electron chi connectivity index (χ0n) is 10.2. The van der Waals surface area contributed by atoms with E-state index in [9.17, 15) is 4.79 Å². The number of aliphatic hydroxyl groups excluding tert-OH is 1. The van der Waals surface area contributed by atoms with Gasteiger partial charge >= 0.3 is 0 Å². The first-order chi connectivity index (χ1) is 8.61. The molecule has 0 saturated carbocycles. The number of halogens is 1. The molecule has 0 aliphatic carbocycles. The van der Waals surface area contributed by atoms with E-state index in [2.05, 4.69) is 15.9 Å². The number of hydrogen-bond donors (Lipinski definition) is 2. The molecular weight excluding hydrogens is 300 g/mol. The molecule has 0 saturated heterocycles. The van der Waals surface area contributed by atoms with Crippen molar-refractivity contribution in [2.45, 2.75) is 0 Å². The molecule has 3 N–H and O–H groups in total. The van der Waals surface area contributed by atoms with E-state index >= 15 is 0 Å². The number of ether oxygens (including phenoxy) is 1. The zero-order chi connectivity index (χ0) is 13.5. The van der Waals surface area contributed by atoms with Gasteiger partial charge in [0.1, 0.15) is 0 Å². The van der Waals surface area contributed by atoms with Gasteiger partial charge in [-0.3, -0.25) is 4.79 Å². The predicted octanol–water partition coefficient (Wildman–Crippen LogP) is 1.11. The maximum atomic E-state index is 12.3. The number of aliphatic hydroxyl groups is 1. The molecule has 1 amide bonds. The lowest BCUT2D eigenvalue weighted by Crippen LogP contribution is -2.36. The van der Waals surface area contributed by atoms with Crippen LogP contribution in [0.5, 0.6) is 0 Å². The Balaban J connectivity index is 2.90. The molecule has 5 nitrogen and oxygen atoms in total. The fourth-order valence-electron chi connectivity index (χ4n) is 1.52. The number of rotatable bonds is 6. The van der Waals surface area contributed by atoms with E-state index in [0.29, 0.717) is 28.9 Å². The summed E-state index contributed by atoms with van der Waals surface area (Å²) in [7, 11) is 1.57. The highest BCUT2D eigenvalue weighted by Crippen LogP contribution is 2.24. The summed E-state index contributed by atoms with van der Waals surface area (Å²) in [5.41, 5.74) is 6.74. The fourth-order valence-corrected chi connectivity index (χ4v) is 1.96. The summed E-state index contributed by atoms with van der Waals surface area (Å²) in [6.45, 7) is 1.03. The molecule has 0 spiro atoms. The molecule has 0 aromatic heterocycles. The largest absolute Gasteiger partial charge is 0.398 e. The molecular formula is C12H17BrN2O3. The third-order valence-electron chi connectivity index (χ3n) is 2.48. The monoisotopic (exact) mass is 316 g/mol. The van der Waals surface area contributed by atoms with E-state index in [1.807, 2.05) is 0 Å². The Morgan fingerprint density at radius 1 is 1.50 bits per heavy atom. The van der Waals surface area contributed by atoms with Crippen molar-refractivity contribution < 1.29 is 14.6 Å². The maximum Gasteiger partial charge on any atom is 0.255 e. The van der Waals surface area contributed by atoms with E-state index in [4.69, 9.17) is 15.6 Å². The molecule has 0 radical (unpaired) electrons. The molecule has 0 aliphatic rings. The molecule has 18 heavy (non-hydrogen) atoms. The average molecular weight is 317 g/mol. The van der Waals surface area contributed by atoms with E-state index in [0.717, 1.165) is 0 Å². The Hall–Kier alpha value is -1.11. The summed E-state index contributed by atoms with van der Waals surface area (Å²) in [5.74, 6) is -0.180. The lowest BCUT2D eigenvalue weighted by molar-refractivity contribution is 0.0655. The molecule has 100 valence electrons. The molecule has 0 atom stereocenters. The number of amides is 1. The van der Waals surface area contributed by atoms with Crippen molar-refractivity contribution in [1.29, 1.82) is 0 Å². The number of anilines is 1. The Morgan fingerprint density at radius 2 is 2.22 bits per heavy atom. The van der Waals surface area contributed by atoms with Crippen molar-refractivity contribution in [3.05, 3.63) is 28.2 Å². The SMILES string of the molecule is COCCN(CCO)C(=O)c1cccc(N)c1Br. The van der Waals surface area contributed by atoms with Crippen LogP contribution in [0.3, 0.4) is 0 Å². The normalized spacial score (nSPS) is 10.4. The molecule has 0 fully saturated rings. The number of carbonyl (C=O) groups is 1. The number of nitrogens with zero attached hydrogens (tertiary/aromatic N) is 1. The van der Waals surface area contributed by atoms with Crippen LogP contribution in [0, 0.1) is 0 Å². The molecule has 0 heterocycles. The third kappa shape index (κ3) is 3.69. The van der Waals surface area contributed by atoms with Crippen LogP contribution in [0.1, 0.15) is 10.4 Å². The van der Waals surface area contributed by atoms with E-state index in [1.165, 1.54) is 4.90 Å². The summed E-state index contributed by atoms with van der Waals surface area (Å²) in [6, 6.07) is 5.13. The van der Waals surface area contributed by atoms with Gasteiger partial charge in [0, 0.05) is 25.9 Å². The Labute approximate surface area is 115 Å². The second-order valence-electron chi connectivity index (χ2n) is 3.72. The maximum absolute atomic E-state index is 12.3. The summed E-state index contributed by atoms with van der Waals surface area (Å²) < 4.78 is 5.53. The average Bonchev–Trinajstić information content (AvgIpc) is 2.37. The van der Waals surface area contributed by atoms with Gasteiger partial charge in [0.05, 0.1) is 23.2 Å². The van der Waals surface area contributed by atoms with Crippen molar-refractivity contribution in [3.63, 3.8) is 0 Å². The van der Waals surface area contributed by atoms with E-state index in [1.54, 1.807) is 25.3 Å². The van der Waals surface area contributed by atoms with Gasteiger partial charge < -0.3 is 20.5 Å². The van der Waals surface area contributed by atoms with Crippen molar-refractivity contribution in [2.24, 2.45) is 0 Å². The molecule has 1 aromatic rings. The zero-order valence-corrected chi connectivity index (χ0v) is 11.8. The minimum Gasteiger partial charge on any atom is -0.398 e. The summed E-state index contributed by atoms with van der Waals surface area (Å²) in [4.78, 5) is 13.8. The quantitative estimate of drug-likeness (QED) is 0.771. The first-order valence-electron chi connectivity index (χ1n) is 5.55. The van der Waals surface area contributed by atoms with Crippen LogP contribution in [-0.4, -0.2) is 49.3 Å². The van der Waals surface area contributed by atoms with Crippen molar-refractivity contribution >= 4 is 27.5 Å².